The van der Waals surface area contributed by atoms with Crippen molar-refractivity contribution in [3.8, 4) is 6.07 Å². The molecule has 0 N–H and O–H groups in total. The largest absolute Gasteiger partial charge is 0.207 e. The number of hydrogen-bond acceptors (Lipinski definition) is 1. The summed E-state index contributed by atoms with van der Waals surface area (Å²) >= 11 is 0. The van der Waals surface area contributed by atoms with Crippen LogP contribution < -0.4 is 0 Å². The number of nitriles is 1. The molecule has 0 saturated heterocycles. The molecule has 0 aliphatic heterocycles. The molecular formula is C26H28F3N. The molecule has 158 valence electrons. The minimum absolute atomic E-state index is 0.267. The molecule has 1 nitrogen and oxygen atoms in total. The van der Waals surface area contributed by atoms with E-state index in [1.165, 1.54) is 31.8 Å². The van der Waals surface area contributed by atoms with Crippen LogP contribution in [-0.4, -0.2) is 0 Å². The van der Waals surface area contributed by atoms with Gasteiger partial charge < -0.3 is 0 Å². The lowest BCUT2D eigenvalue weighted by Crippen LogP contribution is -2.14. The first-order valence-electron chi connectivity index (χ1n) is 10.8. The molecule has 3 rings (SSSR count). The number of allylic oxidation sites excluding steroid dienone is 1. The van der Waals surface area contributed by atoms with Crippen molar-refractivity contribution in [2.24, 2.45) is 11.8 Å². The Morgan fingerprint density at radius 2 is 1.50 bits per heavy atom. The highest BCUT2D eigenvalue weighted by atomic mass is 19.1. The maximum atomic E-state index is 14.5. The zero-order chi connectivity index (χ0) is 21.5. The molecule has 1 aliphatic carbocycles. The van der Waals surface area contributed by atoms with Crippen LogP contribution >= 0.6 is 0 Å². The second-order valence-electron chi connectivity index (χ2n) is 8.42. The molecule has 0 unspecified atom stereocenters. The minimum atomic E-state index is -0.873. The first kappa shape index (κ1) is 22.2. The quantitative estimate of drug-likeness (QED) is 0.426. The first-order valence-corrected chi connectivity index (χ1v) is 10.8. The van der Waals surface area contributed by atoms with E-state index in [9.17, 15) is 13.2 Å². The smallest absolute Gasteiger partial charge is 0.144 e. The Morgan fingerprint density at radius 3 is 2.10 bits per heavy atom. The van der Waals surface area contributed by atoms with Crippen LogP contribution in [0.2, 0.25) is 0 Å². The maximum absolute atomic E-state index is 14.5. The number of rotatable bonds is 8. The van der Waals surface area contributed by atoms with E-state index >= 15 is 0 Å². The maximum Gasteiger partial charge on any atom is 0.144 e. The standard InChI is InChI=1S/C26H28F3N/c1-2-3-18-4-6-19(7-5-18)8-9-20-10-12-22(24(27)14-20)13-11-21-15-25(28)23(17-30)26(29)16-21/h2,10,12,14-16,18-19H,1,3-9,11,13H2. The Hall–Kier alpha value is -2.54. The molecule has 1 saturated carbocycles. The topological polar surface area (TPSA) is 23.8 Å². The average molecular weight is 412 g/mol. The van der Waals surface area contributed by atoms with Gasteiger partial charge in [0, 0.05) is 0 Å². The number of hydrogen-bond donors (Lipinski definition) is 0. The number of aryl methyl sites for hydroxylation is 3. The van der Waals surface area contributed by atoms with Gasteiger partial charge in [0.15, 0.2) is 0 Å². The molecule has 0 heterocycles. The lowest BCUT2D eigenvalue weighted by atomic mass is 9.78. The normalized spacial score (nSPS) is 18.7. The molecule has 0 amide bonds. The van der Waals surface area contributed by atoms with Crippen LogP contribution in [-0.2, 0) is 19.3 Å². The summed E-state index contributed by atoms with van der Waals surface area (Å²) in [4.78, 5) is 0. The van der Waals surface area contributed by atoms with E-state index in [1.54, 1.807) is 12.1 Å². The number of halogens is 3. The molecule has 0 bridgehead atoms. The summed E-state index contributed by atoms with van der Waals surface area (Å²) in [6, 6.07) is 9.15. The van der Waals surface area contributed by atoms with E-state index in [0.717, 1.165) is 48.8 Å². The third-order valence-corrected chi connectivity index (χ3v) is 6.32. The van der Waals surface area contributed by atoms with Gasteiger partial charge >= 0.3 is 0 Å². The van der Waals surface area contributed by atoms with Gasteiger partial charge in [-0.25, -0.2) is 13.2 Å². The summed E-state index contributed by atoms with van der Waals surface area (Å²) in [5.41, 5.74) is 1.37. The lowest BCUT2D eigenvalue weighted by molar-refractivity contribution is 0.265. The molecule has 2 aromatic rings. The van der Waals surface area contributed by atoms with Crippen LogP contribution in [0, 0.1) is 40.6 Å². The molecule has 0 radical (unpaired) electrons. The van der Waals surface area contributed by atoms with E-state index in [1.807, 2.05) is 12.1 Å². The summed E-state index contributed by atoms with van der Waals surface area (Å²) < 4.78 is 42.0. The van der Waals surface area contributed by atoms with Gasteiger partial charge in [-0.3, -0.25) is 0 Å². The van der Waals surface area contributed by atoms with Crippen LogP contribution in [0.5, 0.6) is 0 Å². The van der Waals surface area contributed by atoms with Gasteiger partial charge in [-0.05, 0) is 91.7 Å². The van der Waals surface area contributed by atoms with Crippen LogP contribution in [0.1, 0.15) is 60.8 Å². The van der Waals surface area contributed by atoms with Crippen molar-refractivity contribution in [3.63, 3.8) is 0 Å². The van der Waals surface area contributed by atoms with Crippen molar-refractivity contribution in [1.29, 1.82) is 5.26 Å². The highest BCUT2D eigenvalue weighted by Crippen LogP contribution is 2.33. The van der Waals surface area contributed by atoms with E-state index in [2.05, 4.69) is 6.58 Å². The van der Waals surface area contributed by atoms with Gasteiger partial charge in [0.25, 0.3) is 0 Å². The summed E-state index contributed by atoms with van der Waals surface area (Å²) in [7, 11) is 0. The van der Waals surface area contributed by atoms with Gasteiger partial charge in [-0.2, -0.15) is 5.26 Å². The molecular weight excluding hydrogens is 383 g/mol. The van der Waals surface area contributed by atoms with Crippen LogP contribution in [0.25, 0.3) is 0 Å². The molecule has 30 heavy (non-hydrogen) atoms. The first-order chi connectivity index (χ1) is 14.5. The van der Waals surface area contributed by atoms with Crippen molar-refractivity contribution in [3.05, 3.63) is 82.7 Å². The second kappa shape index (κ2) is 10.5. The fourth-order valence-electron chi connectivity index (χ4n) is 4.47. The Labute approximate surface area is 177 Å². The van der Waals surface area contributed by atoms with Gasteiger partial charge in [-0.15, -0.1) is 6.58 Å². The Balaban J connectivity index is 1.52. The summed E-state index contributed by atoms with van der Waals surface area (Å²) in [5.74, 6) is -0.510. The van der Waals surface area contributed by atoms with Gasteiger partial charge in [0.1, 0.15) is 29.1 Å². The molecule has 1 aliphatic rings. The van der Waals surface area contributed by atoms with Crippen LogP contribution in [0.15, 0.2) is 43.0 Å². The molecule has 4 heteroatoms. The zero-order valence-corrected chi connectivity index (χ0v) is 17.3. The Morgan fingerprint density at radius 1 is 0.867 bits per heavy atom. The van der Waals surface area contributed by atoms with Crippen molar-refractivity contribution < 1.29 is 13.2 Å². The van der Waals surface area contributed by atoms with Crippen LogP contribution in [0.3, 0.4) is 0 Å². The monoisotopic (exact) mass is 411 g/mol. The second-order valence-corrected chi connectivity index (χ2v) is 8.42. The third-order valence-electron chi connectivity index (χ3n) is 6.32. The third kappa shape index (κ3) is 5.75. The Bertz CT molecular complexity index is 897. The van der Waals surface area contributed by atoms with Gasteiger partial charge in [-0.1, -0.05) is 31.1 Å². The fourth-order valence-corrected chi connectivity index (χ4v) is 4.47. The summed E-state index contributed by atoms with van der Waals surface area (Å²) in [5, 5.41) is 8.74. The predicted molar refractivity (Wildman–Crippen MR) is 113 cm³/mol. The average Bonchev–Trinajstić information content (AvgIpc) is 2.72. The summed E-state index contributed by atoms with van der Waals surface area (Å²) in [6.45, 7) is 3.83. The Kier molecular flexibility index (Phi) is 7.74. The van der Waals surface area contributed by atoms with Crippen molar-refractivity contribution in [2.75, 3.05) is 0 Å². The highest BCUT2D eigenvalue weighted by molar-refractivity contribution is 5.35. The number of nitrogens with zero attached hydrogens (tertiary/aromatic N) is 1. The molecule has 0 aromatic heterocycles. The van der Waals surface area contributed by atoms with E-state index in [-0.39, 0.29) is 5.82 Å². The van der Waals surface area contributed by atoms with Crippen molar-refractivity contribution >= 4 is 0 Å². The molecule has 0 atom stereocenters. The number of benzene rings is 2. The lowest BCUT2D eigenvalue weighted by Gasteiger charge is -2.27. The van der Waals surface area contributed by atoms with Crippen LogP contribution in [0.4, 0.5) is 13.2 Å². The van der Waals surface area contributed by atoms with E-state index < -0.39 is 17.2 Å². The zero-order valence-electron chi connectivity index (χ0n) is 17.3. The molecule has 0 spiro atoms. The fraction of sp³-hybridized carbons (Fsp3) is 0.423. The van der Waals surface area contributed by atoms with E-state index in [4.69, 9.17) is 5.26 Å². The van der Waals surface area contributed by atoms with Crippen molar-refractivity contribution in [2.45, 2.75) is 57.8 Å². The molecule has 2 aromatic carbocycles. The van der Waals surface area contributed by atoms with Crippen molar-refractivity contribution in [1.82, 2.24) is 0 Å². The van der Waals surface area contributed by atoms with Gasteiger partial charge in [0.2, 0.25) is 0 Å². The highest BCUT2D eigenvalue weighted by Gasteiger charge is 2.20. The SMILES string of the molecule is C=CCC1CCC(CCc2ccc(CCc3cc(F)c(C#N)c(F)c3)c(F)c2)CC1. The van der Waals surface area contributed by atoms with Gasteiger partial charge in [0.05, 0.1) is 0 Å². The minimum Gasteiger partial charge on any atom is -0.207 e. The van der Waals surface area contributed by atoms with E-state index in [0.29, 0.717) is 24.0 Å². The molecule has 1 fully saturated rings. The predicted octanol–water partition coefficient (Wildman–Crippen LogP) is 7.08. The summed E-state index contributed by atoms with van der Waals surface area (Å²) in [6.07, 6.45) is 10.8.